The zero-order valence-corrected chi connectivity index (χ0v) is 18.0. The van der Waals surface area contributed by atoms with Crippen molar-refractivity contribution in [1.82, 2.24) is 4.90 Å². The van der Waals surface area contributed by atoms with E-state index in [1.54, 1.807) is 6.07 Å². The van der Waals surface area contributed by atoms with Crippen LogP contribution in [0.15, 0.2) is 18.2 Å². The molecule has 0 spiro atoms. The number of halogens is 1. The number of nitrogens with one attached hydrogen (secondary N) is 1. The van der Waals surface area contributed by atoms with Gasteiger partial charge in [0.25, 0.3) is 5.91 Å². The van der Waals surface area contributed by atoms with Crippen LogP contribution in [0.1, 0.15) is 38.2 Å². The summed E-state index contributed by atoms with van der Waals surface area (Å²) >= 11 is 2.18. The van der Waals surface area contributed by atoms with Crippen molar-refractivity contribution in [3.63, 3.8) is 0 Å². The lowest BCUT2D eigenvalue weighted by Crippen LogP contribution is -2.45. The highest BCUT2D eigenvalue weighted by molar-refractivity contribution is 14.1. The Morgan fingerprint density at radius 2 is 1.82 bits per heavy atom. The Morgan fingerprint density at radius 3 is 2.39 bits per heavy atom. The maximum atomic E-state index is 12.6. The molecule has 1 aromatic carbocycles. The van der Waals surface area contributed by atoms with Crippen LogP contribution >= 0.6 is 22.6 Å². The van der Waals surface area contributed by atoms with Gasteiger partial charge < -0.3 is 10.1 Å². The van der Waals surface area contributed by atoms with Crippen LogP contribution in [-0.2, 0) is 23.9 Å². The number of aryl methyl sites for hydroxylation is 1. The number of hydrogen-bond donors (Lipinski definition) is 1. The number of fused-ring (bicyclic) bond motifs is 1. The topological polar surface area (TPSA) is 92.8 Å². The molecular formula is C20H23IN2O5. The maximum Gasteiger partial charge on any atom is 0.329 e. The van der Waals surface area contributed by atoms with E-state index < -0.39 is 24.5 Å². The van der Waals surface area contributed by atoms with E-state index in [-0.39, 0.29) is 23.7 Å². The van der Waals surface area contributed by atoms with Crippen LogP contribution in [0.2, 0.25) is 0 Å². The van der Waals surface area contributed by atoms with Gasteiger partial charge in [0.1, 0.15) is 6.04 Å². The van der Waals surface area contributed by atoms with Crippen LogP contribution in [0.25, 0.3) is 0 Å². The van der Waals surface area contributed by atoms with E-state index in [0.29, 0.717) is 18.5 Å². The van der Waals surface area contributed by atoms with E-state index in [2.05, 4.69) is 27.9 Å². The standard InChI is InChI=1S/C20H23IN2O5/c1-11-9-13(21)7-8-16(11)22-17(24)10-28-20(27)12(2)23-18(25)14-5-3-4-6-15(14)19(23)26/h7-9,12,14-15H,3-6,10H2,1-2H3,(H,22,24). The third kappa shape index (κ3) is 4.21. The van der Waals surface area contributed by atoms with Crippen molar-refractivity contribution in [3.8, 4) is 0 Å². The predicted molar refractivity (Wildman–Crippen MR) is 110 cm³/mol. The molecule has 1 aliphatic carbocycles. The van der Waals surface area contributed by atoms with E-state index >= 15 is 0 Å². The van der Waals surface area contributed by atoms with Gasteiger partial charge in [-0.3, -0.25) is 19.3 Å². The largest absolute Gasteiger partial charge is 0.454 e. The summed E-state index contributed by atoms with van der Waals surface area (Å²) in [5.41, 5.74) is 1.54. The molecule has 28 heavy (non-hydrogen) atoms. The molecule has 0 aromatic heterocycles. The fraction of sp³-hybridized carbons (Fsp3) is 0.500. The number of anilines is 1. The first kappa shape index (κ1) is 20.8. The number of hydrogen-bond acceptors (Lipinski definition) is 5. The molecule has 1 heterocycles. The number of esters is 1. The highest BCUT2D eigenvalue weighted by Gasteiger charge is 2.51. The van der Waals surface area contributed by atoms with Crippen LogP contribution < -0.4 is 5.32 Å². The van der Waals surface area contributed by atoms with Crippen molar-refractivity contribution in [2.75, 3.05) is 11.9 Å². The van der Waals surface area contributed by atoms with Crippen LogP contribution in [0.4, 0.5) is 5.69 Å². The Bertz CT molecular complexity index is 801. The maximum absolute atomic E-state index is 12.6. The normalized spacial score (nSPS) is 22.6. The van der Waals surface area contributed by atoms with Crippen molar-refractivity contribution in [3.05, 3.63) is 27.3 Å². The zero-order valence-electron chi connectivity index (χ0n) is 15.9. The third-order valence-corrected chi connectivity index (χ3v) is 6.08. The number of carbonyl (C=O) groups excluding carboxylic acids is 4. The van der Waals surface area contributed by atoms with Crippen molar-refractivity contribution in [2.45, 2.75) is 45.6 Å². The number of likely N-dealkylation sites (tertiary alicyclic amines) is 1. The summed E-state index contributed by atoms with van der Waals surface area (Å²) in [7, 11) is 0. The number of nitrogens with zero attached hydrogens (tertiary/aromatic N) is 1. The average molecular weight is 498 g/mol. The van der Waals surface area contributed by atoms with Crippen molar-refractivity contribution in [1.29, 1.82) is 0 Å². The van der Waals surface area contributed by atoms with Crippen molar-refractivity contribution < 1.29 is 23.9 Å². The lowest BCUT2D eigenvalue weighted by molar-refractivity contribution is -0.159. The molecule has 1 saturated carbocycles. The monoisotopic (exact) mass is 498 g/mol. The molecule has 150 valence electrons. The SMILES string of the molecule is Cc1cc(I)ccc1NC(=O)COC(=O)C(C)N1C(=O)C2CCCCC2C1=O. The number of ether oxygens (including phenoxy) is 1. The van der Waals surface area contributed by atoms with Gasteiger partial charge in [-0.15, -0.1) is 0 Å². The third-order valence-electron chi connectivity index (χ3n) is 5.41. The lowest BCUT2D eigenvalue weighted by Gasteiger charge is -2.21. The molecular weight excluding hydrogens is 475 g/mol. The summed E-state index contributed by atoms with van der Waals surface area (Å²) in [5.74, 6) is -2.45. The first-order valence-electron chi connectivity index (χ1n) is 9.39. The molecule has 2 aliphatic rings. The van der Waals surface area contributed by atoms with Crippen LogP contribution in [0.5, 0.6) is 0 Å². The minimum atomic E-state index is -1.03. The van der Waals surface area contributed by atoms with E-state index in [4.69, 9.17) is 4.74 Å². The molecule has 1 aliphatic heterocycles. The van der Waals surface area contributed by atoms with Gasteiger partial charge >= 0.3 is 5.97 Å². The van der Waals surface area contributed by atoms with Gasteiger partial charge in [0.15, 0.2) is 6.61 Å². The van der Waals surface area contributed by atoms with Gasteiger partial charge in [0.2, 0.25) is 11.8 Å². The lowest BCUT2D eigenvalue weighted by atomic mass is 9.81. The first-order valence-corrected chi connectivity index (χ1v) is 10.5. The van der Waals surface area contributed by atoms with Crippen LogP contribution in [0, 0.1) is 22.3 Å². The number of benzene rings is 1. The van der Waals surface area contributed by atoms with Gasteiger partial charge in [0.05, 0.1) is 11.8 Å². The summed E-state index contributed by atoms with van der Waals surface area (Å²) < 4.78 is 6.12. The minimum absolute atomic E-state index is 0.293. The molecule has 1 saturated heterocycles. The van der Waals surface area contributed by atoms with Gasteiger partial charge in [-0.25, -0.2) is 4.79 Å². The molecule has 3 unspecified atom stereocenters. The molecule has 7 nitrogen and oxygen atoms in total. The quantitative estimate of drug-likeness (QED) is 0.383. The van der Waals surface area contributed by atoms with E-state index in [0.717, 1.165) is 26.9 Å². The van der Waals surface area contributed by atoms with Crippen molar-refractivity contribution in [2.24, 2.45) is 11.8 Å². The Hall–Kier alpha value is -1.97. The summed E-state index contributed by atoms with van der Waals surface area (Å²) in [4.78, 5) is 50.6. The van der Waals surface area contributed by atoms with E-state index in [1.165, 1.54) is 6.92 Å². The van der Waals surface area contributed by atoms with Crippen LogP contribution in [0.3, 0.4) is 0 Å². The molecule has 3 amide bonds. The molecule has 3 atom stereocenters. The Morgan fingerprint density at radius 1 is 1.21 bits per heavy atom. The minimum Gasteiger partial charge on any atom is -0.454 e. The van der Waals surface area contributed by atoms with Gasteiger partial charge in [-0.05, 0) is 73.0 Å². The number of imide groups is 1. The Balaban J connectivity index is 1.56. The Labute approximate surface area is 177 Å². The second kappa shape index (κ2) is 8.59. The molecule has 1 aromatic rings. The number of rotatable bonds is 5. The summed E-state index contributed by atoms with van der Waals surface area (Å²) in [6.07, 6.45) is 3.21. The predicted octanol–water partition coefficient (Wildman–Crippen LogP) is 2.65. The fourth-order valence-electron chi connectivity index (χ4n) is 3.89. The smallest absolute Gasteiger partial charge is 0.329 e. The van der Waals surface area contributed by atoms with E-state index in [9.17, 15) is 19.2 Å². The molecule has 2 fully saturated rings. The summed E-state index contributed by atoms with van der Waals surface area (Å²) in [6.45, 7) is 2.87. The highest BCUT2D eigenvalue weighted by Crippen LogP contribution is 2.38. The first-order chi connectivity index (χ1) is 13.3. The second-order valence-corrected chi connectivity index (χ2v) is 8.58. The Kier molecular flexibility index (Phi) is 6.36. The highest BCUT2D eigenvalue weighted by atomic mass is 127. The van der Waals surface area contributed by atoms with E-state index in [1.807, 2.05) is 19.1 Å². The average Bonchev–Trinajstić information content (AvgIpc) is 2.92. The fourth-order valence-corrected chi connectivity index (χ4v) is 4.53. The molecule has 3 rings (SSSR count). The molecule has 0 bridgehead atoms. The van der Waals surface area contributed by atoms with Crippen LogP contribution in [-0.4, -0.2) is 41.2 Å². The number of carbonyl (C=O) groups is 4. The van der Waals surface area contributed by atoms with Gasteiger partial charge in [-0.1, -0.05) is 12.8 Å². The summed E-state index contributed by atoms with van der Waals surface area (Å²) in [5, 5.41) is 2.69. The number of amides is 3. The zero-order chi connectivity index (χ0) is 20.4. The molecule has 0 radical (unpaired) electrons. The van der Waals surface area contributed by atoms with Gasteiger partial charge in [0, 0.05) is 9.26 Å². The second-order valence-electron chi connectivity index (χ2n) is 7.34. The molecule has 1 N–H and O–H groups in total. The van der Waals surface area contributed by atoms with Gasteiger partial charge in [-0.2, -0.15) is 0 Å². The van der Waals surface area contributed by atoms with Crippen molar-refractivity contribution >= 4 is 52.0 Å². The molecule has 8 heteroatoms. The summed E-state index contributed by atoms with van der Waals surface area (Å²) in [6, 6.07) is 4.54.